The van der Waals surface area contributed by atoms with Gasteiger partial charge in [-0.3, -0.25) is 9.59 Å². The van der Waals surface area contributed by atoms with Crippen LogP contribution in [0, 0.1) is 40.9 Å². The van der Waals surface area contributed by atoms with E-state index in [-0.39, 0.29) is 11.9 Å². The van der Waals surface area contributed by atoms with Crippen LogP contribution in [0.25, 0.3) is 0 Å². The van der Waals surface area contributed by atoms with Crippen LogP contribution in [0.15, 0.2) is 0 Å². The van der Waals surface area contributed by atoms with Crippen molar-refractivity contribution in [2.24, 2.45) is 40.9 Å². The zero-order valence-electron chi connectivity index (χ0n) is 16.4. The second kappa shape index (κ2) is 7.16. The van der Waals surface area contributed by atoms with E-state index in [1.54, 1.807) is 6.92 Å². The van der Waals surface area contributed by atoms with Crippen molar-refractivity contribution >= 4 is 11.9 Å². The Balaban J connectivity index is 1.45. The molecule has 0 radical (unpaired) electrons. The van der Waals surface area contributed by atoms with Crippen LogP contribution in [0.2, 0.25) is 0 Å². The molecular formula is C22H34O4. The van der Waals surface area contributed by atoms with Crippen LogP contribution in [0.3, 0.4) is 0 Å². The van der Waals surface area contributed by atoms with Gasteiger partial charge in [0.05, 0.1) is 13.7 Å². The van der Waals surface area contributed by atoms with Gasteiger partial charge < -0.3 is 9.47 Å². The monoisotopic (exact) mass is 362 g/mol. The van der Waals surface area contributed by atoms with E-state index in [1.165, 1.54) is 52.1 Å². The molecule has 6 aliphatic carbocycles. The minimum absolute atomic E-state index is 0.0813. The summed E-state index contributed by atoms with van der Waals surface area (Å²) in [7, 11) is 1.40. The molecule has 0 heterocycles. The lowest BCUT2D eigenvalue weighted by atomic mass is 9.56. The Bertz CT molecular complexity index is 542. The number of ether oxygens (including phenoxy) is 2. The fraction of sp³-hybridized carbons (Fsp3) is 0.909. The number of rotatable bonds is 5. The van der Waals surface area contributed by atoms with E-state index in [1.807, 2.05) is 0 Å². The van der Waals surface area contributed by atoms with Gasteiger partial charge in [0.1, 0.15) is 0 Å². The molecule has 3 unspecified atom stereocenters. The third-order valence-electron chi connectivity index (χ3n) is 8.45. The molecule has 0 saturated heterocycles. The average molecular weight is 363 g/mol. The van der Waals surface area contributed by atoms with Crippen molar-refractivity contribution < 1.29 is 19.1 Å². The molecular weight excluding hydrogens is 328 g/mol. The van der Waals surface area contributed by atoms with Crippen LogP contribution >= 0.6 is 0 Å². The smallest absolute Gasteiger partial charge is 0.323 e. The first-order valence-corrected chi connectivity index (χ1v) is 10.8. The number of methoxy groups -OCH3 is 1. The minimum atomic E-state index is -1.13. The molecule has 0 spiro atoms. The van der Waals surface area contributed by atoms with E-state index >= 15 is 0 Å². The molecule has 0 amide bonds. The molecule has 4 heteroatoms. The van der Waals surface area contributed by atoms with Crippen LogP contribution in [-0.4, -0.2) is 25.7 Å². The summed E-state index contributed by atoms with van der Waals surface area (Å²) < 4.78 is 10.9. The van der Waals surface area contributed by atoms with Gasteiger partial charge in [-0.25, -0.2) is 0 Å². The van der Waals surface area contributed by atoms with Gasteiger partial charge in [-0.15, -0.1) is 0 Å². The molecule has 0 aromatic carbocycles. The van der Waals surface area contributed by atoms with Crippen LogP contribution in [0.4, 0.5) is 0 Å². The largest absolute Gasteiger partial charge is 0.468 e. The molecule has 6 aliphatic rings. The van der Waals surface area contributed by atoms with E-state index in [2.05, 4.69) is 0 Å². The summed E-state index contributed by atoms with van der Waals surface area (Å²) in [5.74, 6) is 2.51. The Labute approximate surface area is 157 Å². The lowest BCUT2D eigenvalue weighted by Gasteiger charge is -2.48. The van der Waals surface area contributed by atoms with Crippen molar-refractivity contribution in [3.63, 3.8) is 0 Å². The molecule has 4 nitrogen and oxygen atoms in total. The van der Waals surface area contributed by atoms with Crippen molar-refractivity contribution in [1.29, 1.82) is 0 Å². The summed E-state index contributed by atoms with van der Waals surface area (Å²) in [5.41, 5.74) is -1.13. The normalized spacial score (nSPS) is 40.7. The van der Waals surface area contributed by atoms with Gasteiger partial charge in [0.25, 0.3) is 0 Å². The van der Waals surface area contributed by atoms with Gasteiger partial charge >= 0.3 is 11.9 Å². The maximum absolute atomic E-state index is 13.2. The van der Waals surface area contributed by atoms with E-state index in [9.17, 15) is 9.59 Å². The maximum atomic E-state index is 13.2. The standard InChI is InChI=1S/C22H34O4/c1-22(20(23)25-2,19-12-15-5-9-17(19)10-6-15)21(24)26-13-18-11-14-3-7-16(18)8-4-14/h14-19H,3-13H2,1-2H3. The summed E-state index contributed by atoms with van der Waals surface area (Å²) in [4.78, 5) is 25.9. The first-order chi connectivity index (χ1) is 12.5. The van der Waals surface area contributed by atoms with E-state index < -0.39 is 11.4 Å². The Kier molecular flexibility index (Phi) is 5.04. The van der Waals surface area contributed by atoms with Crippen molar-refractivity contribution in [3.8, 4) is 0 Å². The zero-order valence-corrected chi connectivity index (χ0v) is 16.4. The Morgan fingerprint density at radius 2 is 1.42 bits per heavy atom. The topological polar surface area (TPSA) is 52.6 Å². The van der Waals surface area contributed by atoms with Crippen molar-refractivity contribution in [2.45, 2.75) is 71.1 Å². The molecule has 3 atom stereocenters. The highest BCUT2D eigenvalue weighted by atomic mass is 16.6. The molecule has 0 N–H and O–H groups in total. The Morgan fingerprint density at radius 3 is 1.88 bits per heavy atom. The summed E-state index contributed by atoms with van der Waals surface area (Å²) in [6.45, 7) is 2.28. The van der Waals surface area contributed by atoms with E-state index in [4.69, 9.17) is 9.47 Å². The average Bonchev–Trinajstić information content (AvgIpc) is 2.72. The number of hydrogen-bond donors (Lipinski definition) is 0. The van der Waals surface area contributed by atoms with Gasteiger partial charge in [0.2, 0.25) is 0 Å². The van der Waals surface area contributed by atoms with E-state index in [0.717, 1.165) is 25.2 Å². The highest BCUT2D eigenvalue weighted by molar-refractivity contribution is 6.00. The summed E-state index contributed by atoms with van der Waals surface area (Å²) in [6.07, 6.45) is 12.2. The highest BCUT2D eigenvalue weighted by Gasteiger charge is 2.56. The summed E-state index contributed by atoms with van der Waals surface area (Å²) in [5, 5.41) is 0. The number of carbonyl (C=O) groups excluding carboxylic acids is 2. The van der Waals surface area contributed by atoms with Crippen molar-refractivity contribution in [1.82, 2.24) is 0 Å². The van der Waals surface area contributed by atoms with Gasteiger partial charge in [0, 0.05) is 0 Å². The third-order valence-corrected chi connectivity index (χ3v) is 8.45. The molecule has 26 heavy (non-hydrogen) atoms. The van der Waals surface area contributed by atoms with Gasteiger partial charge in [-0.1, -0.05) is 25.7 Å². The quantitative estimate of drug-likeness (QED) is 0.538. The van der Waals surface area contributed by atoms with Crippen molar-refractivity contribution in [2.75, 3.05) is 13.7 Å². The van der Waals surface area contributed by atoms with Crippen molar-refractivity contribution in [3.05, 3.63) is 0 Å². The molecule has 4 bridgehead atoms. The fourth-order valence-corrected chi connectivity index (χ4v) is 6.74. The molecule has 146 valence electrons. The molecule has 6 saturated carbocycles. The second-order valence-corrected chi connectivity index (χ2v) is 9.69. The van der Waals surface area contributed by atoms with Crippen LogP contribution in [0.5, 0.6) is 0 Å². The Hall–Kier alpha value is -1.06. The highest BCUT2D eigenvalue weighted by Crippen LogP contribution is 2.53. The second-order valence-electron chi connectivity index (χ2n) is 9.69. The lowest BCUT2D eigenvalue weighted by Crippen LogP contribution is -2.51. The first kappa shape index (κ1) is 18.3. The summed E-state index contributed by atoms with van der Waals surface area (Å²) in [6, 6.07) is 0. The maximum Gasteiger partial charge on any atom is 0.323 e. The minimum Gasteiger partial charge on any atom is -0.468 e. The number of hydrogen-bond acceptors (Lipinski definition) is 4. The van der Waals surface area contributed by atoms with Gasteiger partial charge in [0.15, 0.2) is 5.41 Å². The van der Waals surface area contributed by atoms with E-state index in [0.29, 0.717) is 30.3 Å². The Morgan fingerprint density at radius 1 is 0.846 bits per heavy atom. The molecule has 6 rings (SSSR count). The van der Waals surface area contributed by atoms with Gasteiger partial charge in [-0.2, -0.15) is 0 Å². The zero-order chi connectivity index (χ0) is 18.3. The number of fused-ring (bicyclic) bond motifs is 6. The predicted octanol–water partition coefficient (Wildman–Crippen LogP) is 4.36. The molecule has 6 fully saturated rings. The number of esters is 2. The van der Waals surface area contributed by atoms with Crippen LogP contribution in [-0.2, 0) is 19.1 Å². The third kappa shape index (κ3) is 3.07. The molecule has 0 aliphatic heterocycles. The SMILES string of the molecule is COC(=O)C(C)(C(=O)OCC1CC2CCC1CC2)C1CC2CCC1CC2. The molecule has 0 aromatic rings. The van der Waals surface area contributed by atoms with Crippen LogP contribution in [0.1, 0.15) is 71.1 Å². The number of carbonyl (C=O) groups is 2. The van der Waals surface area contributed by atoms with Gasteiger partial charge in [-0.05, 0) is 81.0 Å². The summed E-state index contributed by atoms with van der Waals surface area (Å²) >= 11 is 0. The first-order valence-electron chi connectivity index (χ1n) is 10.8. The molecule has 0 aromatic heterocycles. The fourth-order valence-electron chi connectivity index (χ4n) is 6.74. The predicted molar refractivity (Wildman–Crippen MR) is 98.2 cm³/mol. The lowest BCUT2D eigenvalue weighted by molar-refractivity contribution is -0.181. The van der Waals surface area contributed by atoms with Crippen LogP contribution < -0.4 is 0 Å².